The number of nitrogens with zero attached hydrogens (tertiary/aromatic N) is 2. The molecule has 0 aliphatic carbocycles. The fourth-order valence-electron chi connectivity index (χ4n) is 4.82. The van der Waals surface area contributed by atoms with E-state index in [0.29, 0.717) is 43.1 Å². The third kappa shape index (κ3) is 6.36. The molecule has 200 valence electrons. The highest BCUT2D eigenvalue weighted by Crippen LogP contribution is 2.33. The van der Waals surface area contributed by atoms with Crippen LogP contribution in [0.4, 0.5) is 0 Å². The molecule has 1 heterocycles. The number of hydrogen-bond acceptors (Lipinski definition) is 4. The Balaban J connectivity index is 1.52. The third-order valence-corrected chi connectivity index (χ3v) is 7.20. The number of fused-ring (bicyclic) bond motifs is 1. The van der Waals surface area contributed by atoms with Gasteiger partial charge in [-0.05, 0) is 64.8 Å². The summed E-state index contributed by atoms with van der Waals surface area (Å²) in [5.41, 5.74) is 5.10. The first-order valence-electron chi connectivity index (χ1n) is 13.1. The van der Waals surface area contributed by atoms with E-state index in [2.05, 4.69) is 20.8 Å². The molecule has 4 rings (SSSR count). The number of ether oxygens (including phenoxy) is 2. The van der Waals surface area contributed by atoms with Gasteiger partial charge in [-0.3, -0.25) is 9.59 Å². The Hall–Kier alpha value is -3.80. The Labute approximate surface area is 226 Å². The molecule has 0 N–H and O–H groups in total. The predicted molar refractivity (Wildman–Crippen MR) is 150 cm³/mol. The minimum absolute atomic E-state index is 0.00178. The van der Waals surface area contributed by atoms with Crippen molar-refractivity contribution >= 4 is 11.8 Å². The quantitative estimate of drug-likeness (QED) is 0.411. The van der Waals surface area contributed by atoms with E-state index < -0.39 is 0 Å². The molecule has 0 spiro atoms. The molecule has 0 unspecified atom stereocenters. The summed E-state index contributed by atoms with van der Waals surface area (Å²) in [6.07, 6.45) is 1.41. The lowest BCUT2D eigenvalue weighted by atomic mass is 9.86. The lowest BCUT2D eigenvalue weighted by Crippen LogP contribution is -2.45. The Bertz CT molecular complexity index is 1260. The minimum atomic E-state index is -0.126. The largest absolute Gasteiger partial charge is 0.493 e. The van der Waals surface area contributed by atoms with Crippen LogP contribution in [0.25, 0.3) is 0 Å². The smallest absolute Gasteiger partial charge is 0.254 e. The van der Waals surface area contributed by atoms with Crippen molar-refractivity contribution in [1.82, 2.24) is 9.80 Å². The van der Waals surface area contributed by atoms with Gasteiger partial charge >= 0.3 is 0 Å². The van der Waals surface area contributed by atoms with E-state index in [4.69, 9.17) is 9.47 Å². The SMILES string of the molecule is COc1cc2c(cc1OC)CN(C(=O)CN(CCc1ccccc1)C(=O)c1ccc(C(C)(C)C)cc1)CC2. The lowest BCUT2D eigenvalue weighted by molar-refractivity contribution is -0.132. The van der Waals surface area contributed by atoms with Crippen molar-refractivity contribution in [1.29, 1.82) is 0 Å². The van der Waals surface area contributed by atoms with E-state index in [1.807, 2.05) is 71.6 Å². The first-order valence-corrected chi connectivity index (χ1v) is 13.1. The molecule has 3 aromatic rings. The molecular formula is C32H38N2O4. The summed E-state index contributed by atoms with van der Waals surface area (Å²) in [5, 5.41) is 0. The molecule has 6 heteroatoms. The number of hydrogen-bond donors (Lipinski definition) is 0. The van der Waals surface area contributed by atoms with E-state index in [0.717, 1.165) is 23.1 Å². The van der Waals surface area contributed by atoms with Crippen molar-refractivity contribution in [2.24, 2.45) is 0 Å². The number of benzene rings is 3. The topological polar surface area (TPSA) is 59.1 Å². The van der Waals surface area contributed by atoms with Gasteiger partial charge in [0.05, 0.1) is 14.2 Å². The van der Waals surface area contributed by atoms with Gasteiger partial charge in [0.2, 0.25) is 5.91 Å². The molecule has 0 radical (unpaired) electrons. The second kappa shape index (κ2) is 11.7. The van der Waals surface area contributed by atoms with E-state index in [-0.39, 0.29) is 23.8 Å². The van der Waals surface area contributed by atoms with Gasteiger partial charge in [-0.1, -0.05) is 63.2 Å². The molecule has 1 aliphatic heterocycles. The van der Waals surface area contributed by atoms with E-state index in [1.54, 1.807) is 19.1 Å². The van der Waals surface area contributed by atoms with E-state index in [9.17, 15) is 9.59 Å². The molecule has 0 atom stereocenters. The Kier molecular flexibility index (Phi) is 8.40. The molecule has 0 aromatic heterocycles. The van der Waals surface area contributed by atoms with Gasteiger partial charge < -0.3 is 19.3 Å². The van der Waals surface area contributed by atoms with Gasteiger partial charge in [0.25, 0.3) is 5.91 Å². The van der Waals surface area contributed by atoms with Crippen LogP contribution in [0.2, 0.25) is 0 Å². The lowest BCUT2D eigenvalue weighted by Gasteiger charge is -2.32. The highest BCUT2D eigenvalue weighted by molar-refractivity contribution is 5.96. The zero-order valence-corrected chi connectivity index (χ0v) is 23.1. The maximum Gasteiger partial charge on any atom is 0.254 e. The van der Waals surface area contributed by atoms with Crippen LogP contribution in [0.15, 0.2) is 66.7 Å². The van der Waals surface area contributed by atoms with Crippen LogP contribution in [-0.2, 0) is 29.6 Å². The van der Waals surface area contributed by atoms with Gasteiger partial charge in [0, 0.05) is 25.2 Å². The summed E-state index contributed by atoms with van der Waals surface area (Å²) in [4.78, 5) is 30.6. The second-order valence-corrected chi connectivity index (χ2v) is 10.8. The number of carbonyl (C=O) groups is 2. The van der Waals surface area contributed by atoms with Crippen molar-refractivity contribution < 1.29 is 19.1 Å². The van der Waals surface area contributed by atoms with Crippen molar-refractivity contribution in [3.8, 4) is 11.5 Å². The monoisotopic (exact) mass is 514 g/mol. The van der Waals surface area contributed by atoms with Gasteiger partial charge in [-0.2, -0.15) is 0 Å². The first kappa shape index (κ1) is 27.2. The average molecular weight is 515 g/mol. The van der Waals surface area contributed by atoms with Crippen LogP contribution >= 0.6 is 0 Å². The number of carbonyl (C=O) groups excluding carboxylic acids is 2. The van der Waals surface area contributed by atoms with E-state index in [1.165, 1.54) is 5.56 Å². The fraction of sp³-hybridized carbons (Fsp3) is 0.375. The second-order valence-electron chi connectivity index (χ2n) is 10.8. The third-order valence-electron chi connectivity index (χ3n) is 7.20. The summed E-state index contributed by atoms with van der Waals surface area (Å²) in [6.45, 7) is 8.03. The number of amides is 2. The molecular weight excluding hydrogens is 476 g/mol. The summed E-state index contributed by atoms with van der Waals surface area (Å²) in [6, 6.07) is 21.8. The molecule has 0 bridgehead atoms. The van der Waals surface area contributed by atoms with Crippen LogP contribution in [0.5, 0.6) is 11.5 Å². The van der Waals surface area contributed by atoms with Crippen LogP contribution < -0.4 is 9.47 Å². The molecule has 0 saturated heterocycles. The summed E-state index contributed by atoms with van der Waals surface area (Å²) in [5.74, 6) is 1.16. The molecule has 2 amide bonds. The van der Waals surface area contributed by atoms with E-state index >= 15 is 0 Å². The molecule has 3 aromatic carbocycles. The summed E-state index contributed by atoms with van der Waals surface area (Å²) < 4.78 is 10.9. The highest BCUT2D eigenvalue weighted by Gasteiger charge is 2.26. The van der Waals surface area contributed by atoms with Gasteiger partial charge in [-0.25, -0.2) is 0 Å². The van der Waals surface area contributed by atoms with Crippen LogP contribution in [0.3, 0.4) is 0 Å². The zero-order valence-electron chi connectivity index (χ0n) is 23.1. The number of rotatable bonds is 8. The van der Waals surface area contributed by atoms with Crippen LogP contribution in [0.1, 0.15) is 53.4 Å². The Morgan fingerprint density at radius 2 is 1.53 bits per heavy atom. The fourth-order valence-corrected chi connectivity index (χ4v) is 4.82. The minimum Gasteiger partial charge on any atom is -0.493 e. The summed E-state index contributed by atoms with van der Waals surface area (Å²) >= 11 is 0. The maximum absolute atomic E-state index is 13.6. The molecule has 0 saturated carbocycles. The highest BCUT2D eigenvalue weighted by atomic mass is 16.5. The van der Waals surface area contributed by atoms with Crippen LogP contribution in [0, 0.1) is 0 Å². The van der Waals surface area contributed by atoms with Crippen molar-refractivity contribution in [3.05, 3.63) is 94.5 Å². The van der Waals surface area contributed by atoms with Crippen molar-refractivity contribution in [2.45, 2.75) is 45.6 Å². The van der Waals surface area contributed by atoms with Crippen molar-refractivity contribution in [3.63, 3.8) is 0 Å². The predicted octanol–water partition coefficient (Wildman–Crippen LogP) is 5.27. The zero-order chi connectivity index (χ0) is 27.3. The Morgan fingerprint density at radius 3 is 2.13 bits per heavy atom. The average Bonchev–Trinajstić information content (AvgIpc) is 2.93. The summed E-state index contributed by atoms with van der Waals surface area (Å²) in [7, 11) is 3.24. The maximum atomic E-state index is 13.6. The normalized spacial score (nSPS) is 13.0. The van der Waals surface area contributed by atoms with Gasteiger partial charge in [-0.15, -0.1) is 0 Å². The van der Waals surface area contributed by atoms with Gasteiger partial charge in [0.15, 0.2) is 11.5 Å². The Morgan fingerprint density at radius 1 is 0.895 bits per heavy atom. The van der Waals surface area contributed by atoms with Crippen molar-refractivity contribution in [2.75, 3.05) is 33.9 Å². The van der Waals surface area contributed by atoms with Crippen LogP contribution in [-0.4, -0.2) is 55.5 Å². The van der Waals surface area contributed by atoms with Gasteiger partial charge in [0.1, 0.15) is 6.54 Å². The molecule has 1 aliphatic rings. The standard InChI is InChI=1S/C32H38N2O4/c1-32(2,3)27-13-11-24(12-14-27)31(36)34(17-15-23-9-7-6-8-10-23)22-30(35)33-18-16-25-19-28(37-4)29(38-5)20-26(25)21-33/h6-14,19-20H,15-18,21-22H2,1-5H3. The first-order chi connectivity index (χ1) is 18.2. The number of methoxy groups -OCH3 is 2. The molecule has 6 nitrogen and oxygen atoms in total. The molecule has 38 heavy (non-hydrogen) atoms. The molecule has 0 fully saturated rings.